The Morgan fingerprint density at radius 1 is 0.734 bits per heavy atom. The first kappa shape index (κ1) is 43.3. The van der Waals surface area contributed by atoms with Crippen molar-refractivity contribution in [1.82, 2.24) is 35.0 Å². The Bertz CT molecular complexity index is 2550. The lowest BCUT2D eigenvalue weighted by Gasteiger charge is -2.36. The van der Waals surface area contributed by atoms with E-state index in [1.807, 2.05) is 36.4 Å². The highest BCUT2D eigenvalue weighted by Gasteiger charge is 2.45. The lowest BCUT2D eigenvalue weighted by molar-refractivity contribution is -0.136. The van der Waals surface area contributed by atoms with Crippen LogP contribution in [0.1, 0.15) is 100 Å². The van der Waals surface area contributed by atoms with E-state index in [1.165, 1.54) is 32.1 Å². The number of nitrogens with one attached hydrogen (secondary N) is 2. The quantitative estimate of drug-likeness (QED) is 0.0593. The molecule has 9 rings (SSSR count). The van der Waals surface area contributed by atoms with Gasteiger partial charge in [0.25, 0.3) is 11.8 Å². The number of hydrogen-bond donors (Lipinski definition) is 2. The number of benzene rings is 3. The van der Waals surface area contributed by atoms with Gasteiger partial charge >= 0.3 is 0 Å². The molecule has 3 aromatic carbocycles. The molecule has 4 aliphatic rings. The minimum Gasteiger partial charge on any atom is -0.457 e. The number of aromatic amines is 1. The second kappa shape index (κ2) is 19.4. The van der Waals surface area contributed by atoms with Crippen molar-refractivity contribution in [3.05, 3.63) is 112 Å². The maximum absolute atomic E-state index is 13.9. The Morgan fingerprint density at radius 2 is 1.45 bits per heavy atom. The molecule has 14 nitrogen and oxygen atoms in total. The molecule has 6 heterocycles. The van der Waals surface area contributed by atoms with Crippen molar-refractivity contribution in [3.8, 4) is 11.5 Å². The first-order valence-electron chi connectivity index (χ1n) is 22.6. The Morgan fingerprint density at radius 3 is 2.19 bits per heavy atom. The Balaban J connectivity index is 0.668. The van der Waals surface area contributed by atoms with Crippen molar-refractivity contribution in [2.75, 3.05) is 57.3 Å². The molecule has 1 atom stereocenters. The van der Waals surface area contributed by atoms with E-state index >= 15 is 0 Å². The van der Waals surface area contributed by atoms with Gasteiger partial charge in [-0.3, -0.25) is 39.1 Å². The zero-order valence-electron chi connectivity index (χ0n) is 35.9. The maximum atomic E-state index is 13.9. The van der Waals surface area contributed by atoms with Crippen LogP contribution < -0.4 is 15.0 Å². The number of piperidine rings is 2. The normalized spacial score (nSPS) is 18.8. The number of piperazine rings is 1. The van der Waals surface area contributed by atoms with E-state index in [0.29, 0.717) is 50.3 Å². The van der Waals surface area contributed by atoms with Gasteiger partial charge in [-0.25, -0.2) is 9.97 Å². The monoisotopic (exact) mass is 884 g/mol. The number of para-hydroxylation sites is 1. The molecule has 3 fully saturated rings. The fourth-order valence-electron chi connectivity index (χ4n) is 9.65. The lowest BCUT2D eigenvalue weighted by atomic mass is 9.90. The van der Waals surface area contributed by atoms with Crippen LogP contribution in [0.15, 0.2) is 79.3 Å². The minimum atomic E-state index is -0.961. The molecule has 332 valence electrons. The van der Waals surface area contributed by atoms with E-state index in [-0.39, 0.29) is 24.5 Å². The summed E-state index contributed by atoms with van der Waals surface area (Å²) >= 11 is 6.65. The highest BCUT2D eigenvalue weighted by Crippen LogP contribution is 2.33. The number of H-pyrrole nitrogens is 1. The maximum Gasteiger partial charge on any atom is 0.262 e. The first-order chi connectivity index (χ1) is 31.2. The summed E-state index contributed by atoms with van der Waals surface area (Å²) < 4.78 is 5.91. The fourth-order valence-corrected chi connectivity index (χ4v) is 9.90. The van der Waals surface area contributed by atoms with Crippen molar-refractivity contribution in [2.24, 2.45) is 5.92 Å². The molecule has 1 unspecified atom stereocenters. The van der Waals surface area contributed by atoms with Crippen LogP contribution in [0.25, 0.3) is 11.0 Å². The molecule has 64 heavy (non-hydrogen) atoms. The van der Waals surface area contributed by atoms with Crippen LogP contribution >= 0.6 is 11.6 Å². The molecule has 4 aliphatic heterocycles. The van der Waals surface area contributed by atoms with Gasteiger partial charge in [0.15, 0.2) is 5.78 Å². The topological polar surface area (TPSA) is 161 Å². The van der Waals surface area contributed by atoms with Crippen molar-refractivity contribution in [1.29, 1.82) is 0 Å². The average Bonchev–Trinajstić information content (AvgIpc) is 3.85. The second-order valence-electron chi connectivity index (χ2n) is 17.4. The van der Waals surface area contributed by atoms with Crippen LogP contribution in [0.4, 0.5) is 5.69 Å². The van der Waals surface area contributed by atoms with Gasteiger partial charge in [-0.05, 0) is 113 Å². The van der Waals surface area contributed by atoms with Gasteiger partial charge in [-0.2, -0.15) is 0 Å². The van der Waals surface area contributed by atoms with E-state index in [4.69, 9.17) is 16.3 Å². The summed E-state index contributed by atoms with van der Waals surface area (Å²) in [6.45, 7) is 7.87. The lowest BCUT2D eigenvalue weighted by Crippen LogP contribution is -2.54. The summed E-state index contributed by atoms with van der Waals surface area (Å²) in [4.78, 5) is 85.0. The van der Waals surface area contributed by atoms with Crippen molar-refractivity contribution in [2.45, 2.75) is 70.3 Å². The summed E-state index contributed by atoms with van der Waals surface area (Å²) in [6.07, 6.45) is 12.6. The number of anilines is 1. The Kier molecular flexibility index (Phi) is 13.1. The summed E-state index contributed by atoms with van der Waals surface area (Å²) in [5.74, 6) is -0.380. The number of nitrogens with zero attached hydrogens (tertiary/aromatic N) is 6. The predicted molar refractivity (Wildman–Crippen MR) is 243 cm³/mol. The molecule has 4 amide bonds. The third-order valence-electron chi connectivity index (χ3n) is 13.3. The molecule has 2 N–H and O–H groups in total. The number of likely N-dealkylation sites (tertiary alicyclic amines) is 1. The zero-order chi connectivity index (χ0) is 44.2. The summed E-state index contributed by atoms with van der Waals surface area (Å²) in [5.41, 5.74) is 4.01. The van der Waals surface area contributed by atoms with Gasteiger partial charge < -0.3 is 19.5 Å². The molecule has 0 bridgehead atoms. The molecule has 0 radical (unpaired) electrons. The van der Waals surface area contributed by atoms with E-state index < -0.39 is 23.8 Å². The molecule has 3 saturated heterocycles. The number of halogens is 1. The van der Waals surface area contributed by atoms with E-state index in [9.17, 15) is 24.0 Å². The number of ketones is 1. The predicted octanol–water partition coefficient (Wildman–Crippen LogP) is 7.06. The summed E-state index contributed by atoms with van der Waals surface area (Å²) in [6, 6.07) is 19.0. The Labute approximate surface area is 377 Å². The SMILES string of the molecule is O=C1CCC(N2C(=O)c3ccc(N4CCN(CCCCCCCN5CCC(Cc6ncnc7[nH]cc(C(=O)c8ccc(Oc9ccccc9)cc8Cl)c67)CC5)CC4)cc3C2=O)C(=O)N1. The molecular formula is C49H53ClN8O6. The van der Waals surface area contributed by atoms with E-state index in [1.54, 1.807) is 42.9 Å². The number of unbranched alkanes of at least 4 members (excludes halogenated alkanes) is 4. The molecule has 0 saturated carbocycles. The second-order valence-corrected chi connectivity index (χ2v) is 17.8. The Hall–Kier alpha value is -5.96. The molecule has 2 aromatic heterocycles. The van der Waals surface area contributed by atoms with Gasteiger partial charge in [0.05, 0.1) is 32.8 Å². The molecule has 5 aromatic rings. The molecule has 0 spiro atoms. The van der Waals surface area contributed by atoms with E-state index in [0.717, 1.165) is 93.3 Å². The minimum absolute atomic E-state index is 0.100. The number of carbonyl (C=O) groups excluding carboxylic acids is 5. The molecule has 0 aliphatic carbocycles. The highest BCUT2D eigenvalue weighted by atomic mass is 35.5. The number of aromatic nitrogens is 3. The fraction of sp³-hybridized carbons (Fsp3) is 0.408. The summed E-state index contributed by atoms with van der Waals surface area (Å²) in [7, 11) is 0. The van der Waals surface area contributed by atoms with E-state index in [2.05, 4.69) is 35.0 Å². The molecule has 15 heteroatoms. The van der Waals surface area contributed by atoms with Gasteiger partial charge in [-0.1, -0.05) is 49.1 Å². The van der Waals surface area contributed by atoms with Gasteiger partial charge in [0.2, 0.25) is 11.8 Å². The van der Waals surface area contributed by atoms with Gasteiger partial charge in [-0.15, -0.1) is 0 Å². The van der Waals surface area contributed by atoms with Crippen LogP contribution in [0.3, 0.4) is 0 Å². The number of ether oxygens (including phenoxy) is 1. The average molecular weight is 885 g/mol. The van der Waals surface area contributed by atoms with Crippen molar-refractivity contribution in [3.63, 3.8) is 0 Å². The number of fused-ring (bicyclic) bond motifs is 2. The number of amides is 4. The van der Waals surface area contributed by atoms with Crippen molar-refractivity contribution >= 4 is 57.7 Å². The van der Waals surface area contributed by atoms with Gasteiger partial charge in [0.1, 0.15) is 29.5 Å². The third-order valence-corrected chi connectivity index (χ3v) is 13.6. The van der Waals surface area contributed by atoms with Crippen LogP contribution in [0.5, 0.6) is 11.5 Å². The summed E-state index contributed by atoms with van der Waals surface area (Å²) in [5, 5.41) is 3.35. The van der Waals surface area contributed by atoms with Crippen LogP contribution in [-0.2, 0) is 16.0 Å². The van der Waals surface area contributed by atoms with Crippen molar-refractivity contribution < 1.29 is 28.7 Å². The van der Waals surface area contributed by atoms with Gasteiger partial charge in [0, 0.05) is 56.1 Å². The zero-order valence-corrected chi connectivity index (χ0v) is 36.7. The molecular weight excluding hydrogens is 832 g/mol. The number of imide groups is 2. The van der Waals surface area contributed by atoms with Crippen LogP contribution in [-0.4, -0.2) is 117 Å². The first-order valence-corrected chi connectivity index (χ1v) is 23.0. The number of hydrogen-bond acceptors (Lipinski definition) is 11. The third kappa shape index (κ3) is 9.45. The standard InChI is InChI=1S/C49H53ClN8O6/c50-40-29-35(64-34-9-5-4-6-10-34)12-14-37(40)45(60)39-30-51-46-44(39)41(52-31-53-46)27-32-17-21-55(22-18-32)19-7-2-1-3-8-20-56-23-25-57(26-24-56)33-11-13-36-38(28-33)49(63)58(48(36)62)42-15-16-43(59)54-47(42)61/h4-6,9-14,28-32,42H,1-3,7-8,15-27H2,(H,51,52,53)(H,54,59,61). The van der Waals surface area contributed by atoms with Crippen LogP contribution in [0.2, 0.25) is 5.02 Å². The smallest absolute Gasteiger partial charge is 0.262 e. The number of carbonyl (C=O) groups is 5. The number of rotatable bonds is 16. The largest absolute Gasteiger partial charge is 0.457 e. The van der Waals surface area contributed by atoms with Crippen LogP contribution in [0, 0.1) is 5.92 Å². The highest BCUT2D eigenvalue weighted by molar-refractivity contribution is 6.35.